The van der Waals surface area contributed by atoms with Crippen molar-refractivity contribution in [3.05, 3.63) is 41.5 Å². The zero-order valence-electron chi connectivity index (χ0n) is 10.6. The number of hydrogen-bond acceptors (Lipinski definition) is 4. The highest BCUT2D eigenvalue weighted by Crippen LogP contribution is 2.13. The first-order chi connectivity index (χ1) is 8.71. The molecule has 0 spiro atoms. The third kappa shape index (κ3) is 4.31. The molecule has 0 atom stereocenters. The first-order valence-electron chi connectivity index (χ1n) is 5.90. The average molecular weight is 248 g/mol. The van der Waals surface area contributed by atoms with Crippen molar-refractivity contribution >= 4 is 11.9 Å². The van der Waals surface area contributed by atoms with Gasteiger partial charge in [0.2, 0.25) is 0 Å². The maximum atomic E-state index is 9.02. The third-order valence-corrected chi connectivity index (χ3v) is 2.73. The molecule has 4 heteroatoms. The Balaban J connectivity index is 2.73. The van der Waals surface area contributed by atoms with Crippen LogP contribution >= 0.6 is 0 Å². The molecular formula is C14H20N2O2. The molecule has 1 aromatic rings. The van der Waals surface area contributed by atoms with Crippen molar-refractivity contribution in [2.75, 3.05) is 20.3 Å². The number of aliphatic imine (C=N–C) groups is 1. The van der Waals surface area contributed by atoms with Gasteiger partial charge in [-0.3, -0.25) is 4.99 Å². The lowest BCUT2D eigenvalue weighted by molar-refractivity contribution is 0.150. The Kier molecular flexibility index (Phi) is 6.11. The fourth-order valence-electron chi connectivity index (χ4n) is 1.60. The maximum absolute atomic E-state index is 9.02. The number of nitrogens with zero attached hydrogens (tertiary/aromatic N) is 1. The molecule has 0 aliphatic heterocycles. The van der Waals surface area contributed by atoms with E-state index in [0.29, 0.717) is 12.1 Å². The maximum Gasteiger partial charge on any atom is 0.0484 e. The quantitative estimate of drug-likeness (QED) is 0.652. The van der Waals surface area contributed by atoms with Crippen LogP contribution in [0.1, 0.15) is 11.1 Å². The van der Waals surface area contributed by atoms with Gasteiger partial charge in [-0.25, -0.2) is 0 Å². The fraction of sp³-hybridized carbons (Fsp3) is 0.357. The van der Waals surface area contributed by atoms with E-state index >= 15 is 0 Å². The lowest BCUT2D eigenvalue weighted by Crippen LogP contribution is -2.13. The summed E-state index contributed by atoms with van der Waals surface area (Å²) in [4.78, 5) is 3.84. The Labute approximate surface area is 107 Å². The van der Waals surface area contributed by atoms with Crippen LogP contribution in [0, 0.1) is 5.92 Å². The predicted molar refractivity (Wildman–Crippen MR) is 74.4 cm³/mol. The largest absolute Gasteiger partial charge is 0.398 e. The molecule has 0 fully saturated rings. The minimum Gasteiger partial charge on any atom is -0.398 e. The van der Waals surface area contributed by atoms with E-state index in [1.807, 2.05) is 24.3 Å². The predicted octanol–water partition coefficient (Wildman–Crippen LogP) is 0.830. The lowest BCUT2D eigenvalue weighted by Gasteiger charge is -2.11. The summed E-state index contributed by atoms with van der Waals surface area (Å²) in [7, 11) is 1.69. The van der Waals surface area contributed by atoms with Gasteiger partial charge < -0.3 is 15.9 Å². The summed E-state index contributed by atoms with van der Waals surface area (Å²) in [6.07, 6.45) is 4.06. The molecule has 1 aromatic carbocycles. The first kappa shape index (κ1) is 14.4. The van der Waals surface area contributed by atoms with Crippen molar-refractivity contribution in [3.63, 3.8) is 0 Å². The smallest absolute Gasteiger partial charge is 0.0484 e. The highest BCUT2D eigenvalue weighted by atomic mass is 16.3. The van der Waals surface area contributed by atoms with Gasteiger partial charge in [0.05, 0.1) is 0 Å². The second-order valence-electron chi connectivity index (χ2n) is 4.16. The molecule has 0 heterocycles. The van der Waals surface area contributed by atoms with E-state index in [4.69, 9.17) is 15.9 Å². The van der Waals surface area contributed by atoms with Crippen molar-refractivity contribution in [2.45, 2.75) is 6.42 Å². The highest BCUT2D eigenvalue weighted by molar-refractivity contribution is 5.83. The Morgan fingerprint density at radius 2 is 1.89 bits per heavy atom. The minimum absolute atomic E-state index is 0.00669. The second kappa shape index (κ2) is 7.63. The molecule has 0 aliphatic rings. The van der Waals surface area contributed by atoms with E-state index in [2.05, 4.69) is 4.99 Å². The fourth-order valence-corrected chi connectivity index (χ4v) is 1.60. The van der Waals surface area contributed by atoms with Crippen molar-refractivity contribution in [1.29, 1.82) is 0 Å². The molecule has 0 saturated carbocycles. The molecule has 18 heavy (non-hydrogen) atoms. The second-order valence-corrected chi connectivity index (χ2v) is 4.16. The summed E-state index contributed by atoms with van der Waals surface area (Å²) in [5, 5.41) is 18.0. The van der Waals surface area contributed by atoms with Crippen molar-refractivity contribution in [1.82, 2.24) is 0 Å². The van der Waals surface area contributed by atoms with Gasteiger partial charge in [0.15, 0.2) is 0 Å². The summed E-state index contributed by atoms with van der Waals surface area (Å²) >= 11 is 0. The summed E-state index contributed by atoms with van der Waals surface area (Å²) in [5.74, 6) is -0.101. The molecule has 0 radical (unpaired) electrons. The van der Waals surface area contributed by atoms with E-state index in [0.717, 1.165) is 11.1 Å². The van der Waals surface area contributed by atoms with Gasteiger partial charge in [-0.2, -0.15) is 0 Å². The highest BCUT2D eigenvalue weighted by Gasteiger charge is 2.07. The van der Waals surface area contributed by atoms with Crippen LogP contribution in [0.2, 0.25) is 0 Å². The number of aliphatic hydroxyl groups excluding tert-OH is 2. The molecule has 0 saturated heterocycles. The van der Waals surface area contributed by atoms with Crippen LogP contribution in [0.5, 0.6) is 0 Å². The summed E-state index contributed by atoms with van der Waals surface area (Å²) in [6.45, 7) is -0.0134. The Hall–Kier alpha value is -1.65. The van der Waals surface area contributed by atoms with Gasteiger partial charge in [-0.1, -0.05) is 24.3 Å². The van der Waals surface area contributed by atoms with Crippen LogP contribution in [0.25, 0.3) is 5.70 Å². The average Bonchev–Trinajstić information content (AvgIpc) is 2.42. The molecule has 4 N–H and O–H groups in total. The molecule has 1 rings (SSSR count). The summed E-state index contributed by atoms with van der Waals surface area (Å²) < 4.78 is 0. The number of hydrogen-bond donors (Lipinski definition) is 3. The molecule has 0 aromatic heterocycles. The van der Waals surface area contributed by atoms with Crippen LogP contribution in [-0.4, -0.2) is 36.7 Å². The van der Waals surface area contributed by atoms with Crippen LogP contribution < -0.4 is 5.73 Å². The van der Waals surface area contributed by atoms with Crippen LogP contribution in [0.4, 0.5) is 0 Å². The van der Waals surface area contributed by atoms with E-state index in [-0.39, 0.29) is 19.1 Å². The Bertz CT molecular complexity index is 406. The Morgan fingerprint density at radius 1 is 1.28 bits per heavy atom. The van der Waals surface area contributed by atoms with Gasteiger partial charge >= 0.3 is 0 Å². The molecule has 0 aliphatic carbocycles. The van der Waals surface area contributed by atoms with Crippen LogP contribution in [-0.2, 0) is 6.42 Å². The minimum atomic E-state index is -0.101. The monoisotopic (exact) mass is 248 g/mol. The van der Waals surface area contributed by atoms with Gasteiger partial charge in [-0.05, 0) is 23.6 Å². The van der Waals surface area contributed by atoms with Gasteiger partial charge in [0, 0.05) is 38.1 Å². The number of nitrogens with two attached hydrogens (primary N) is 1. The SMILES string of the molecule is CN=CC=C(N)c1ccc(CC(CO)CO)cc1. The molecule has 0 bridgehead atoms. The molecular weight excluding hydrogens is 228 g/mol. The number of rotatable bonds is 6. The molecule has 4 nitrogen and oxygen atoms in total. The summed E-state index contributed by atoms with van der Waals surface area (Å²) in [6, 6.07) is 7.77. The normalized spacial score (nSPS) is 12.6. The van der Waals surface area contributed by atoms with Gasteiger partial charge in [-0.15, -0.1) is 0 Å². The van der Waals surface area contributed by atoms with E-state index in [1.165, 1.54) is 0 Å². The van der Waals surface area contributed by atoms with Gasteiger partial charge in [0.25, 0.3) is 0 Å². The van der Waals surface area contributed by atoms with Crippen molar-refractivity contribution < 1.29 is 10.2 Å². The number of benzene rings is 1. The number of allylic oxidation sites excluding steroid dienone is 1. The topological polar surface area (TPSA) is 78.8 Å². The lowest BCUT2D eigenvalue weighted by atomic mass is 9.99. The summed E-state index contributed by atoms with van der Waals surface area (Å²) in [5.41, 5.74) is 8.54. The standard InChI is InChI=1S/C14H20N2O2/c1-16-7-6-14(15)13-4-2-11(3-5-13)8-12(9-17)10-18/h2-7,12,17-18H,8-10,15H2,1H3. The van der Waals surface area contributed by atoms with Crippen molar-refractivity contribution in [2.24, 2.45) is 16.6 Å². The molecule has 98 valence electrons. The number of aliphatic hydroxyl groups is 2. The van der Waals surface area contributed by atoms with E-state index < -0.39 is 0 Å². The first-order valence-corrected chi connectivity index (χ1v) is 5.90. The van der Waals surface area contributed by atoms with Crippen molar-refractivity contribution in [3.8, 4) is 0 Å². The third-order valence-electron chi connectivity index (χ3n) is 2.73. The Morgan fingerprint density at radius 3 is 2.39 bits per heavy atom. The zero-order chi connectivity index (χ0) is 13.4. The van der Waals surface area contributed by atoms with Crippen LogP contribution in [0.3, 0.4) is 0 Å². The molecule has 0 unspecified atom stereocenters. The van der Waals surface area contributed by atoms with E-state index in [9.17, 15) is 0 Å². The van der Waals surface area contributed by atoms with E-state index in [1.54, 1.807) is 19.3 Å². The van der Waals surface area contributed by atoms with Gasteiger partial charge in [0.1, 0.15) is 0 Å². The van der Waals surface area contributed by atoms with Crippen LogP contribution in [0.15, 0.2) is 35.3 Å². The zero-order valence-corrected chi connectivity index (χ0v) is 10.6. The molecule has 0 amide bonds.